The second-order valence-corrected chi connectivity index (χ2v) is 8.76. The van der Waals surface area contributed by atoms with Crippen LogP contribution in [-0.2, 0) is 24.3 Å². The number of thiazole rings is 1. The highest BCUT2D eigenvalue weighted by Crippen LogP contribution is 2.29. The average molecular weight is 516 g/mol. The number of hydroxylamine groups is 1. The highest BCUT2D eigenvalue weighted by molar-refractivity contribution is 7.09. The summed E-state index contributed by atoms with van der Waals surface area (Å²) in [6.45, 7) is 4.12. The Labute approximate surface area is 215 Å². The van der Waals surface area contributed by atoms with Crippen molar-refractivity contribution in [2.45, 2.75) is 26.4 Å². The molecule has 0 bridgehead atoms. The van der Waals surface area contributed by atoms with Crippen molar-refractivity contribution in [1.29, 1.82) is 0 Å². The molecule has 194 valence electrons. The smallest absolute Gasteiger partial charge is 0.294 e. The molecule has 0 aliphatic heterocycles. The van der Waals surface area contributed by atoms with Gasteiger partial charge in [0, 0.05) is 30.1 Å². The van der Waals surface area contributed by atoms with Crippen LogP contribution in [0.2, 0.25) is 0 Å². The third-order valence-corrected chi connectivity index (χ3v) is 6.34. The Morgan fingerprint density at radius 3 is 2.42 bits per heavy atom. The van der Waals surface area contributed by atoms with Crippen LogP contribution in [0, 0.1) is 0 Å². The predicted octanol–water partition coefficient (Wildman–Crippen LogP) is 4.10. The summed E-state index contributed by atoms with van der Waals surface area (Å²) >= 11 is 1.44. The lowest BCUT2D eigenvalue weighted by atomic mass is 10.1. The molecule has 0 radical (unpaired) electrons. The van der Waals surface area contributed by atoms with Crippen LogP contribution >= 0.6 is 11.3 Å². The van der Waals surface area contributed by atoms with Gasteiger partial charge in [0.1, 0.15) is 22.2 Å². The third kappa shape index (κ3) is 7.33. The minimum atomic E-state index is -0.354. The van der Waals surface area contributed by atoms with Gasteiger partial charge in [-0.2, -0.15) is 0 Å². The fourth-order valence-electron chi connectivity index (χ4n) is 3.63. The molecule has 1 heterocycles. The van der Waals surface area contributed by atoms with Crippen LogP contribution in [0.1, 0.15) is 33.5 Å². The van der Waals surface area contributed by atoms with Gasteiger partial charge in [-0.3, -0.25) is 14.5 Å². The largest absolute Gasteiger partial charge is 0.497 e. The number of carbonyl (C=O) groups excluding carboxylic acids is 1. The maximum Gasteiger partial charge on any atom is 0.294 e. The van der Waals surface area contributed by atoms with Crippen molar-refractivity contribution in [2.24, 2.45) is 0 Å². The number of benzene rings is 2. The number of nitrogens with zero attached hydrogens (tertiary/aromatic N) is 2. The Hall–Kier alpha value is -3.34. The van der Waals surface area contributed by atoms with Crippen LogP contribution in [0.25, 0.3) is 0 Å². The lowest BCUT2D eigenvalue weighted by Gasteiger charge is -2.23. The number of amides is 1. The van der Waals surface area contributed by atoms with E-state index in [9.17, 15) is 4.79 Å². The molecule has 1 amide bonds. The minimum Gasteiger partial charge on any atom is -0.497 e. The van der Waals surface area contributed by atoms with Gasteiger partial charge in [-0.05, 0) is 37.1 Å². The lowest BCUT2D eigenvalue weighted by molar-refractivity contribution is 0.0360. The summed E-state index contributed by atoms with van der Waals surface area (Å²) < 4.78 is 21.8. The molecular weight excluding hydrogens is 482 g/mol. The van der Waals surface area contributed by atoms with Gasteiger partial charge in [-0.25, -0.2) is 10.5 Å². The van der Waals surface area contributed by atoms with Crippen LogP contribution in [0.5, 0.6) is 23.0 Å². The van der Waals surface area contributed by atoms with Crippen molar-refractivity contribution < 1.29 is 28.6 Å². The molecule has 1 N–H and O–H groups in total. The standard InChI is InChI=1S/C26H33N3O6S/c1-6-35-28-26(30)21-17-36-25(27-21)16-29(15-19-8-9-20(31-2)14-23(19)33-4)12-11-18-7-10-22(32-3)24(13-18)34-5/h7-10,13-14,17H,6,11-12,15-16H2,1-5H3,(H,28,30). The first kappa shape index (κ1) is 27.3. The second kappa shape index (κ2) is 13.7. The van der Waals surface area contributed by atoms with E-state index in [1.807, 2.05) is 36.4 Å². The zero-order valence-electron chi connectivity index (χ0n) is 21.3. The van der Waals surface area contributed by atoms with Gasteiger partial charge in [0.2, 0.25) is 0 Å². The number of rotatable bonds is 14. The average Bonchev–Trinajstić information content (AvgIpc) is 3.38. The van der Waals surface area contributed by atoms with Crippen molar-refractivity contribution >= 4 is 17.2 Å². The molecule has 0 fully saturated rings. The normalized spacial score (nSPS) is 10.8. The zero-order valence-corrected chi connectivity index (χ0v) is 22.1. The second-order valence-electron chi connectivity index (χ2n) is 7.82. The van der Waals surface area contributed by atoms with E-state index in [-0.39, 0.29) is 5.91 Å². The molecule has 3 aromatic rings. The van der Waals surface area contributed by atoms with E-state index in [0.717, 1.165) is 40.6 Å². The molecule has 0 saturated heterocycles. The van der Waals surface area contributed by atoms with E-state index >= 15 is 0 Å². The van der Waals surface area contributed by atoms with Crippen molar-refractivity contribution in [1.82, 2.24) is 15.4 Å². The van der Waals surface area contributed by atoms with Crippen LogP contribution in [0.4, 0.5) is 0 Å². The van der Waals surface area contributed by atoms with E-state index < -0.39 is 0 Å². The predicted molar refractivity (Wildman–Crippen MR) is 138 cm³/mol. The fourth-order valence-corrected chi connectivity index (χ4v) is 4.45. The molecule has 1 aromatic heterocycles. The molecule has 0 spiro atoms. The number of ether oxygens (including phenoxy) is 4. The molecule has 0 saturated carbocycles. The zero-order chi connectivity index (χ0) is 25.9. The quantitative estimate of drug-likeness (QED) is 0.321. The maximum absolute atomic E-state index is 12.2. The van der Waals surface area contributed by atoms with Crippen molar-refractivity contribution in [3.05, 3.63) is 63.6 Å². The van der Waals surface area contributed by atoms with E-state index in [1.165, 1.54) is 11.3 Å². The van der Waals surface area contributed by atoms with Gasteiger partial charge >= 0.3 is 0 Å². The summed E-state index contributed by atoms with van der Waals surface area (Å²) in [4.78, 5) is 24.0. The van der Waals surface area contributed by atoms with Gasteiger partial charge < -0.3 is 18.9 Å². The summed E-state index contributed by atoms with van der Waals surface area (Å²) in [5.41, 5.74) is 4.87. The van der Waals surface area contributed by atoms with Gasteiger partial charge in [-0.1, -0.05) is 12.1 Å². The molecule has 2 aromatic carbocycles. The molecule has 9 nitrogen and oxygen atoms in total. The first-order valence-electron chi connectivity index (χ1n) is 11.5. The molecule has 0 unspecified atom stereocenters. The molecule has 0 aliphatic rings. The highest BCUT2D eigenvalue weighted by atomic mass is 32.1. The summed E-state index contributed by atoms with van der Waals surface area (Å²) in [6.07, 6.45) is 0.780. The molecule has 0 aliphatic carbocycles. The number of hydrogen-bond donors (Lipinski definition) is 1. The summed E-state index contributed by atoms with van der Waals surface area (Å²) in [6, 6.07) is 11.7. The minimum absolute atomic E-state index is 0.338. The topological polar surface area (TPSA) is 91.4 Å². The van der Waals surface area contributed by atoms with Gasteiger partial charge in [0.25, 0.3) is 5.91 Å². The maximum atomic E-state index is 12.2. The summed E-state index contributed by atoms with van der Waals surface area (Å²) in [5.74, 6) is 2.52. The lowest BCUT2D eigenvalue weighted by Crippen LogP contribution is -2.26. The summed E-state index contributed by atoms with van der Waals surface area (Å²) in [7, 11) is 6.53. The Morgan fingerprint density at radius 1 is 0.944 bits per heavy atom. The van der Waals surface area contributed by atoms with Gasteiger partial charge in [-0.15, -0.1) is 11.3 Å². The van der Waals surface area contributed by atoms with Crippen LogP contribution in [0.15, 0.2) is 41.8 Å². The Balaban J connectivity index is 1.79. The Kier molecular flexibility index (Phi) is 10.3. The first-order valence-corrected chi connectivity index (χ1v) is 12.4. The molecule has 36 heavy (non-hydrogen) atoms. The highest BCUT2D eigenvalue weighted by Gasteiger charge is 2.16. The SMILES string of the molecule is CCONC(=O)c1csc(CN(CCc2ccc(OC)c(OC)c2)Cc2ccc(OC)cc2OC)n1. The number of carbonyl (C=O) groups is 1. The number of hydrogen-bond acceptors (Lipinski definition) is 9. The van der Waals surface area contributed by atoms with Crippen molar-refractivity contribution in [2.75, 3.05) is 41.6 Å². The van der Waals surface area contributed by atoms with Crippen molar-refractivity contribution in [3.8, 4) is 23.0 Å². The third-order valence-electron chi connectivity index (χ3n) is 5.51. The summed E-state index contributed by atoms with van der Waals surface area (Å²) in [5, 5.41) is 2.57. The molecular formula is C26H33N3O6S. The molecule has 10 heteroatoms. The monoisotopic (exact) mass is 515 g/mol. The molecule has 0 atom stereocenters. The van der Waals surface area contributed by atoms with Crippen LogP contribution < -0.4 is 24.4 Å². The van der Waals surface area contributed by atoms with E-state index in [0.29, 0.717) is 36.9 Å². The fraction of sp³-hybridized carbons (Fsp3) is 0.385. The van der Waals surface area contributed by atoms with E-state index in [2.05, 4.69) is 15.4 Å². The first-order chi connectivity index (χ1) is 17.5. The van der Waals surface area contributed by atoms with Gasteiger partial charge in [0.15, 0.2) is 11.5 Å². The Bertz CT molecular complexity index is 1140. The van der Waals surface area contributed by atoms with Gasteiger partial charge in [0.05, 0.1) is 41.6 Å². The van der Waals surface area contributed by atoms with E-state index in [1.54, 1.807) is 40.7 Å². The van der Waals surface area contributed by atoms with Crippen molar-refractivity contribution in [3.63, 3.8) is 0 Å². The van der Waals surface area contributed by atoms with Crippen LogP contribution in [-0.4, -0.2) is 57.4 Å². The van der Waals surface area contributed by atoms with Crippen LogP contribution in [0.3, 0.4) is 0 Å². The number of methoxy groups -OCH3 is 4. The molecule has 3 rings (SSSR count). The van der Waals surface area contributed by atoms with E-state index in [4.69, 9.17) is 23.8 Å². The Morgan fingerprint density at radius 2 is 1.72 bits per heavy atom. The number of nitrogens with one attached hydrogen (secondary N) is 1. The number of aromatic nitrogens is 1.